The molecule has 0 aliphatic heterocycles. The second-order valence-corrected chi connectivity index (χ2v) is 19.6. The lowest BCUT2D eigenvalue weighted by Crippen LogP contribution is -2.13. The third-order valence-corrected chi connectivity index (χ3v) is 14.5. The van der Waals surface area contributed by atoms with E-state index in [0.717, 1.165) is 105 Å². The highest BCUT2D eigenvalue weighted by molar-refractivity contribution is 6.15. The molecule has 0 aliphatic rings. The van der Waals surface area contributed by atoms with Gasteiger partial charge in [0, 0.05) is 43.4 Å². The van der Waals surface area contributed by atoms with Crippen LogP contribution in [0, 0.1) is 22.7 Å². The Labute approximate surface area is 407 Å². The Morgan fingerprint density at radius 3 is 1.24 bits per heavy atom. The molecule has 0 bridgehead atoms. The largest absolute Gasteiger partial charge is 0.305 e. The monoisotopic (exact) mass is 902 g/mol. The molecule has 336 valence electrons. The van der Waals surface area contributed by atoms with E-state index in [1.165, 1.54) is 16.7 Å². The van der Waals surface area contributed by atoms with Gasteiger partial charge in [-0.05, 0) is 112 Å². The summed E-state index contributed by atoms with van der Waals surface area (Å²) in [6.07, 6.45) is 0. The quantitative estimate of drug-likeness (QED) is 0.152. The lowest BCUT2D eigenvalue weighted by atomic mass is 9.91. The third-order valence-electron chi connectivity index (χ3n) is 14.5. The van der Waals surface area contributed by atoms with Crippen LogP contribution in [0.5, 0.6) is 0 Å². The Balaban J connectivity index is 1.39. The molecule has 6 nitrogen and oxygen atoms in total. The summed E-state index contributed by atoms with van der Waals surface area (Å²) in [6.45, 7) is 13.5. The number of nitriles is 2. The number of nitrogens with zero attached hydrogens (tertiary/aromatic N) is 6. The summed E-state index contributed by atoms with van der Waals surface area (Å²) in [5.74, 6) is 2.47. The Kier molecular flexibility index (Phi) is 10.1. The molecule has 0 saturated carbocycles. The summed E-state index contributed by atoms with van der Waals surface area (Å²) in [5, 5.41) is 28.0. The van der Waals surface area contributed by atoms with Gasteiger partial charge in [-0.2, -0.15) is 10.5 Å². The molecular weight excluding hydrogens is 853 g/mol. The first-order valence-corrected chi connectivity index (χ1v) is 24.3. The minimum atomic E-state index is 0.310. The van der Waals surface area contributed by atoms with Crippen LogP contribution < -0.4 is 0 Å². The summed E-state index contributed by atoms with van der Waals surface area (Å²) in [6, 6.07) is 67.6. The zero-order chi connectivity index (χ0) is 47.9. The Morgan fingerprint density at radius 2 is 0.771 bits per heavy atom. The first-order valence-electron chi connectivity index (χ1n) is 24.3. The fourth-order valence-electron chi connectivity index (χ4n) is 10.9. The van der Waals surface area contributed by atoms with Crippen LogP contribution in [-0.2, 0) is 0 Å². The Morgan fingerprint density at radius 1 is 0.357 bits per heavy atom. The molecule has 0 atom stereocenters. The van der Waals surface area contributed by atoms with Crippen molar-refractivity contribution in [2.24, 2.45) is 0 Å². The van der Waals surface area contributed by atoms with E-state index >= 15 is 0 Å². The van der Waals surface area contributed by atoms with Crippen molar-refractivity contribution in [3.8, 4) is 51.7 Å². The molecule has 8 aromatic carbocycles. The Hall–Kier alpha value is -8.71. The van der Waals surface area contributed by atoms with Gasteiger partial charge in [-0.15, -0.1) is 0 Å². The molecule has 4 aromatic heterocycles. The van der Waals surface area contributed by atoms with Gasteiger partial charge in [0.15, 0.2) is 5.82 Å². The summed E-state index contributed by atoms with van der Waals surface area (Å²) in [7, 11) is 0. The highest BCUT2D eigenvalue weighted by Gasteiger charge is 2.31. The van der Waals surface area contributed by atoms with Gasteiger partial charge < -0.3 is 4.57 Å². The number of pyridine rings is 1. The summed E-state index contributed by atoms with van der Waals surface area (Å²) in [5.41, 5.74) is 15.0. The molecule has 6 heteroatoms. The van der Waals surface area contributed by atoms with E-state index in [4.69, 9.17) is 4.98 Å². The molecule has 0 aliphatic carbocycles. The highest BCUT2D eigenvalue weighted by atomic mass is 15.2. The number of hydrogen-bond donors (Lipinski definition) is 0. The maximum Gasteiger partial charge on any atom is 0.165 e. The molecule has 12 rings (SSSR count). The van der Waals surface area contributed by atoms with Crippen LogP contribution in [0.15, 0.2) is 176 Å². The average molecular weight is 903 g/mol. The van der Waals surface area contributed by atoms with Crippen LogP contribution in [0.2, 0.25) is 0 Å². The minimum absolute atomic E-state index is 0.310. The molecule has 0 saturated heterocycles. The minimum Gasteiger partial charge on any atom is -0.305 e. The molecule has 0 radical (unpaired) electrons. The van der Waals surface area contributed by atoms with Gasteiger partial charge in [0.25, 0.3) is 0 Å². The van der Waals surface area contributed by atoms with Gasteiger partial charge in [-0.3, -0.25) is 9.13 Å². The van der Waals surface area contributed by atoms with Crippen molar-refractivity contribution in [1.82, 2.24) is 18.7 Å². The third kappa shape index (κ3) is 6.48. The lowest BCUT2D eigenvalue weighted by molar-refractivity contribution is 0.868. The van der Waals surface area contributed by atoms with E-state index in [1.807, 2.05) is 12.1 Å². The standard InChI is InChI=1S/C64H50N6/c1-38(2)42-26-29-57-51(33-42)48-18-10-13-21-54(48)68(57)62-60(45-24-25-46(36-65)47(32-45)37-66)61(41-16-8-7-9-17-41)63(69-55-22-14-11-19-49(55)52-34-43(39(3)4)27-30-58(52)69)67-64(62)70-56-23-15-12-20-50(56)53-35-44(40(5)6)28-31-59(53)70/h7-35,38-40H,1-6H3. The van der Waals surface area contributed by atoms with Crippen molar-refractivity contribution < 1.29 is 0 Å². The van der Waals surface area contributed by atoms with Crippen LogP contribution in [0.1, 0.15) is 87.1 Å². The van der Waals surface area contributed by atoms with Gasteiger partial charge in [-0.25, -0.2) is 4.98 Å². The van der Waals surface area contributed by atoms with Gasteiger partial charge in [0.1, 0.15) is 18.0 Å². The number of rotatable bonds is 8. The van der Waals surface area contributed by atoms with Crippen molar-refractivity contribution in [1.29, 1.82) is 10.5 Å². The average Bonchev–Trinajstić information content (AvgIpc) is 4.03. The summed E-state index contributed by atoms with van der Waals surface area (Å²) in [4.78, 5) is 6.22. The van der Waals surface area contributed by atoms with Crippen molar-refractivity contribution in [3.63, 3.8) is 0 Å². The van der Waals surface area contributed by atoms with E-state index in [2.05, 4.69) is 225 Å². The molecule has 0 unspecified atom stereocenters. The second-order valence-electron chi connectivity index (χ2n) is 19.6. The van der Waals surface area contributed by atoms with Gasteiger partial charge in [0.05, 0.1) is 49.9 Å². The number of benzene rings is 8. The van der Waals surface area contributed by atoms with Gasteiger partial charge >= 0.3 is 0 Å². The molecule has 12 aromatic rings. The van der Waals surface area contributed by atoms with Crippen molar-refractivity contribution in [2.75, 3.05) is 0 Å². The van der Waals surface area contributed by atoms with Crippen LogP contribution in [0.3, 0.4) is 0 Å². The Bertz CT molecular complexity index is 4180. The van der Waals surface area contributed by atoms with Crippen LogP contribution in [-0.4, -0.2) is 18.7 Å². The topological polar surface area (TPSA) is 75.3 Å². The van der Waals surface area contributed by atoms with E-state index in [0.29, 0.717) is 28.9 Å². The highest BCUT2D eigenvalue weighted by Crippen LogP contribution is 2.49. The molecule has 4 heterocycles. The maximum atomic E-state index is 10.8. The first kappa shape index (κ1) is 42.6. The SMILES string of the molecule is CC(C)c1ccc2c(c1)c1ccccc1n2-c1nc(-n2c3ccccc3c3cc(C(C)C)ccc32)c(-n2c3ccccc3c3cc(C(C)C)ccc32)c(-c2ccc(C#N)c(C#N)c2)c1-c1ccccc1. The molecule has 0 amide bonds. The summed E-state index contributed by atoms with van der Waals surface area (Å²) >= 11 is 0. The number of para-hydroxylation sites is 3. The van der Waals surface area contributed by atoms with Gasteiger partial charge in [0.2, 0.25) is 0 Å². The number of hydrogen-bond acceptors (Lipinski definition) is 3. The van der Waals surface area contributed by atoms with E-state index < -0.39 is 0 Å². The van der Waals surface area contributed by atoms with Gasteiger partial charge in [-0.1, -0.05) is 151 Å². The van der Waals surface area contributed by atoms with Crippen LogP contribution in [0.4, 0.5) is 0 Å². The smallest absolute Gasteiger partial charge is 0.165 e. The van der Waals surface area contributed by atoms with Crippen molar-refractivity contribution in [2.45, 2.75) is 59.3 Å². The fraction of sp³-hybridized carbons (Fsp3) is 0.141. The first-order chi connectivity index (χ1) is 34.1. The maximum absolute atomic E-state index is 10.8. The van der Waals surface area contributed by atoms with Crippen molar-refractivity contribution >= 4 is 65.4 Å². The van der Waals surface area contributed by atoms with E-state index in [9.17, 15) is 10.5 Å². The zero-order valence-corrected chi connectivity index (χ0v) is 40.2. The summed E-state index contributed by atoms with van der Waals surface area (Å²) < 4.78 is 7.14. The zero-order valence-electron chi connectivity index (χ0n) is 40.2. The normalized spacial score (nSPS) is 11.9. The molecule has 0 spiro atoms. The second kappa shape index (κ2) is 16.5. The van der Waals surface area contributed by atoms with E-state index in [1.54, 1.807) is 6.07 Å². The van der Waals surface area contributed by atoms with Crippen molar-refractivity contribution in [3.05, 3.63) is 204 Å². The lowest BCUT2D eigenvalue weighted by Gasteiger charge is -2.26. The number of aromatic nitrogens is 4. The molecular formula is C64H50N6. The molecule has 0 N–H and O–H groups in total. The predicted octanol–water partition coefficient (Wildman–Crippen LogP) is 16.8. The molecule has 0 fully saturated rings. The predicted molar refractivity (Wildman–Crippen MR) is 290 cm³/mol. The van der Waals surface area contributed by atoms with Crippen LogP contribution in [0.25, 0.3) is 105 Å². The number of fused-ring (bicyclic) bond motifs is 9. The fourth-order valence-corrected chi connectivity index (χ4v) is 10.9. The van der Waals surface area contributed by atoms with Crippen LogP contribution >= 0.6 is 0 Å². The molecule has 70 heavy (non-hydrogen) atoms. The van der Waals surface area contributed by atoms with E-state index in [-0.39, 0.29) is 0 Å².